The molecular formula is C23H28Cl2N2O5S. The molecule has 1 heterocycles. The van der Waals surface area contributed by atoms with Crippen molar-refractivity contribution in [1.82, 2.24) is 9.21 Å². The van der Waals surface area contributed by atoms with Gasteiger partial charge in [-0.05, 0) is 53.8 Å². The second kappa shape index (κ2) is 10.5. The van der Waals surface area contributed by atoms with E-state index in [1.54, 1.807) is 19.1 Å². The third-order valence-electron chi connectivity index (χ3n) is 5.46. The summed E-state index contributed by atoms with van der Waals surface area (Å²) in [6.07, 6.45) is 0.637. The van der Waals surface area contributed by atoms with Crippen LogP contribution in [0.1, 0.15) is 25.0 Å². The van der Waals surface area contributed by atoms with Gasteiger partial charge in [0.05, 0.1) is 25.8 Å². The van der Waals surface area contributed by atoms with E-state index in [0.29, 0.717) is 31.0 Å². The highest BCUT2D eigenvalue weighted by Crippen LogP contribution is 2.33. The van der Waals surface area contributed by atoms with Crippen LogP contribution in [0.25, 0.3) is 0 Å². The highest BCUT2D eigenvalue weighted by molar-refractivity contribution is 7.89. The summed E-state index contributed by atoms with van der Waals surface area (Å²) in [5, 5.41) is 0.319. The molecular weight excluding hydrogens is 487 g/mol. The van der Waals surface area contributed by atoms with Gasteiger partial charge in [0.25, 0.3) is 0 Å². The quantitative estimate of drug-likeness (QED) is 0.526. The first-order valence-electron chi connectivity index (χ1n) is 10.5. The van der Waals surface area contributed by atoms with Gasteiger partial charge in [-0.3, -0.25) is 4.79 Å². The van der Waals surface area contributed by atoms with Crippen LogP contribution < -0.4 is 9.47 Å². The minimum atomic E-state index is -4.03. The lowest BCUT2D eigenvalue weighted by atomic mass is 9.98. The summed E-state index contributed by atoms with van der Waals surface area (Å²) < 4.78 is 38.7. The predicted molar refractivity (Wildman–Crippen MR) is 129 cm³/mol. The lowest BCUT2D eigenvalue weighted by Crippen LogP contribution is -2.45. The van der Waals surface area contributed by atoms with Gasteiger partial charge in [0.2, 0.25) is 15.9 Å². The third-order valence-corrected chi connectivity index (χ3v) is 7.99. The highest BCUT2D eigenvalue weighted by atomic mass is 35.5. The molecule has 33 heavy (non-hydrogen) atoms. The average molecular weight is 515 g/mol. The molecule has 0 spiro atoms. The van der Waals surface area contributed by atoms with E-state index < -0.39 is 10.0 Å². The maximum absolute atomic E-state index is 13.4. The van der Waals surface area contributed by atoms with Crippen molar-refractivity contribution in [3.05, 3.63) is 51.5 Å². The number of carbonyl (C=O) groups is 1. The number of carbonyl (C=O) groups excluding carboxylic acids is 1. The molecule has 0 aliphatic carbocycles. The Kier molecular flexibility index (Phi) is 8.16. The first-order valence-corrected chi connectivity index (χ1v) is 12.7. The predicted octanol–water partition coefficient (Wildman–Crippen LogP) is 4.24. The third kappa shape index (κ3) is 5.74. The number of sulfonamides is 1. The molecule has 1 amide bonds. The van der Waals surface area contributed by atoms with Gasteiger partial charge in [0, 0.05) is 24.7 Å². The smallest absolute Gasteiger partial charge is 0.245 e. The van der Waals surface area contributed by atoms with Gasteiger partial charge in [-0.25, -0.2) is 8.42 Å². The van der Waals surface area contributed by atoms with Crippen molar-refractivity contribution in [3.63, 3.8) is 0 Å². The maximum atomic E-state index is 13.4. The Hall–Kier alpha value is -2.00. The molecule has 0 unspecified atom stereocenters. The molecule has 2 aromatic carbocycles. The number of methoxy groups -OCH3 is 2. The van der Waals surface area contributed by atoms with Crippen LogP contribution in [0.5, 0.6) is 11.5 Å². The summed E-state index contributed by atoms with van der Waals surface area (Å²) in [5.41, 5.74) is 2.03. The van der Waals surface area contributed by atoms with Gasteiger partial charge >= 0.3 is 0 Å². The molecule has 0 atom stereocenters. The fraction of sp³-hybridized carbons (Fsp3) is 0.435. The monoisotopic (exact) mass is 514 g/mol. The van der Waals surface area contributed by atoms with E-state index in [2.05, 4.69) is 0 Å². The molecule has 1 aliphatic rings. The van der Waals surface area contributed by atoms with Crippen molar-refractivity contribution in [2.45, 2.75) is 31.7 Å². The average Bonchev–Trinajstić information content (AvgIpc) is 2.78. The summed E-state index contributed by atoms with van der Waals surface area (Å²) in [4.78, 5) is 14.8. The lowest BCUT2D eigenvalue weighted by molar-refractivity contribution is -0.132. The number of rotatable bonds is 8. The number of benzene rings is 2. The number of fused-ring (bicyclic) bond motifs is 1. The molecule has 3 rings (SSSR count). The Morgan fingerprint density at radius 2 is 1.73 bits per heavy atom. The van der Waals surface area contributed by atoms with E-state index in [9.17, 15) is 13.2 Å². The van der Waals surface area contributed by atoms with Crippen LogP contribution in [0, 0.1) is 5.92 Å². The van der Waals surface area contributed by atoms with Gasteiger partial charge in [-0.2, -0.15) is 4.31 Å². The fourth-order valence-corrected chi connectivity index (χ4v) is 6.11. The SMILES string of the molecule is COc1cc2c(cc1OC)CN(C(=O)CN(CC(C)C)S(=O)(=O)c1cc(Cl)ccc1Cl)CC2. The van der Waals surface area contributed by atoms with Gasteiger partial charge in [-0.15, -0.1) is 0 Å². The number of amides is 1. The molecule has 0 bridgehead atoms. The Labute approximate surface area is 205 Å². The number of nitrogens with zero attached hydrogens (tertiary/aromatic N) is 2. The molecule has 180 valence electrons. The lowest BCUT2D eigenvalue weighted by Gasteiger charge is -2.32. The number of halogens is 2. The Bertz CT molecular complexity index is 1140. The highest BCUT2D eigenvalue weighted by Gasteiger charge is 2.32. The molecule has 0 radical (unpaired) electrons. The van der Waals surface area contributed by atoms with Gasteiger partial charge < -0.3 is 14.4 Å². The molecule has 7 nitrogen and oxygen atoms in total. The van der Waals surface area contributed by atoms with Crippen LogP contribution in [0.4, 0.5) is 0 Å². The van der Waals surface area contributed by atoms with Gasteiger partial charge in [0.15, 0.2) is 11.5 Å². The summed E-state index contributed by atoms with van der Waals surface area (Å²) in [7, 11) is -0.887. The summed E-state index contributed by atoms with van der Waals surface area (Å²) in [6.45, 7) is 4.52. The second-order valence-electron chi connectivity index (χ2n) is 8.31. The van der Waals surface area contributed by atoms with Crippen LogP contribution in [0.2, 0.25) is 10.0 Å². The minimum Gasteiger partial charge on any atom is -0.493 e. The summed E-state index contributed by atoms with van der Waals surface area (Å²) in [5.74, 6) is 0.955. The molecule has 0 saturated heterocycles. The van der Waals surface area contributed by atoms with Crippen LogP contribution in [0.3, 0.4) is 0 Å². The zero-order chi connectivity index (χ0) is 24.3. The van der Waals surface area contributed by atoms with E-state index in [1.165, 1.54) is 22.5 Å². The summed E-state index contributed by atoms with van der Waals surface area (Å²) in [6, 6.07) is 8.06. The van der Waals surface area contributed by atoms with E-state index in [1.807, 2.05) is 26.0 Å². The molecule has 0 saturated carbocycles. The number of ether oxygens (including phenoxy) is 2. The first-order chi connectivity index (χ1) is 15.6. The molecule has 1 aliphatic heterocycles. The largest absolute Gasteiger partial charge is 0.493 e. The fourth-order valence-electron chi connectivity index (χ4n) is 3.82. The van der Waals surface area contributed by atoms with Gasteiger partial charge in [-0.1, -0.05) is 37.0 Å². The van der Waals surface area contributed by atoms with Crippen LogP contribution in [-0.4, -0.2) is 57.4 Å². The molecule has 10 heteroatoms. The van der Waals surface area contributed by atoms with Crippen LogP contribution >= 0.6 is 23.2 Å². The number of hydrogen-bond acceptors (Lipinski definition) is 5. The van der Waals surface area contributed by atoms with Crippen LogP contribution in [0.15, 0.2) is 35.2 Å². The normalized spacial score (nSPS) is 13.9. The van der Waals surface area contributed by atoms with Gasteiger partial charge in [0.1, 0.15) is 4.90 Å². The molecule has 0 aromatic heterocycles. The van der Waals surface area contributed by atoms with E-state index in [4.69, 9.17) is 32.7 Å². The van der Waals surface area contributed by atoms with E-state index in [0.717, 1.165) is 11.1 Å². The summed E-state index contributed by atoms with van der Waals surface area (Å²) >= 11 is 12.2. The molecule has 0 fully saturated rings. The first kappa shape index (κ1) is 25.6. The van der Waals surface area contributed by atoms with E-state index >= 15 is 0 Å². The van der Waals surface area contributed by atoms with Crippen molar-refractivity contribution in [1.29, 1.82) is 0 Å². The van der Waals surface area contributed by atoms with Crippen molar-refractivity contribution in [2.24, 2.45) is 5.92 Å². The van der Waals surface area contributed by atoms with Crippen molar-refractivity contribution >= 4 is 39.1 Å². The Balaban J connectivity index is 1.85. The topological polar surface area (TPSA) is 76.2 Å². The second-order valence-corrected chi connectivity index (χ2v) is 11.1. The number of hydrogen-bond donors (Lipinski definition) is 0. The van der Waals surface area contributed by atoms with Crippen molar-refractivity contribution < 1.29 is 22.7 Å². The van der Waals surface area contributed by atoms with Crippen molar-refractivity contribution in [2.75, 3.05) is 33.9 Å². The van der Waals surface area contributed by atoms with Crippen molar-refractivity contribution in [3.8, 4) is 11.5 Å². The zero-order valence-electron chi connectivity index (χ0n) is 19.1. The molecule has 2 aromatic rings. The van der Waals surface area contributed by atoms with Crippen LogP contribution in [-0.2, 0) is 27.8 Å². The Morgan fingerprint density at radius 3 is 2.33 bits per heavy atom. The standard InChI is InChI=1S/C23H28Cl2N2O5S/c1-15(2)12-27(33(29,30)22-11-18(24)5-6-19(22)25)14-23(28)26-8-7-16-9-20(31-3)21(32-4)10-17(16)13-26/h5-6,9-11,15H,7-8,12-14H2,1-4H3. The zero-order valence-corrected chi connectivity index (χ0v) is 21.4. The Morgan fingerprint density at radius 1 is 1.09 bits per heavy atom. The molecule has 0 N–H and O–H groups in total. The van der Waals surface area contributed by atoms with E-state index in [-0.39, 0.29) is 39.9 Å². The maximum Gasteiger partial charge on any atom is 0.245 e. The minimum absolute atomic E-state index is 0.00402.